The maximum atomic E-state index is 11.3. The Hall–Kier alpha value is -1.29. The van der Waals surface area contributed by atoms with Crippen LogP contribution in [0.3, 0.4) is 0 Å². The van der Waals surface area contributed by atoms with E-state index in [1.807, 2.05) is 18.2 Å². The fraction of sp³-hybridized carbons (Fsp3) is 0.385. The van der Waals surface area contributed by atoms with Gasteiger partial charge in [-0.1, -0.05) is 13.0 Å². The van der Waals surface area contributed by atoms with Crippen molar-refractivity contribution >= 4 is 24.0 Å². The summed E-state index contributed by atoms with van der Waals surface area (Å²) < 4.78 is 4.86. The summed E-state index contributed by atoms with van der Waals surface area (Å²) in [7, 11) is 0. The van der Waals surface area contributed by atoms with Gasteiger partial charge in [-0.15, -0.1) is 11.8 Å². The number of rotatable bonds is 6. The molecule has 0 bridgehead atoms. The number of carbonyl (C=O) groups is 2. The Morgan fingerprint density at radius 2 is 2.18 bits per heavy atom. The first-order valence-electron chi connectivity index (χ1n) is 5.57. The number of aldehydes is 1. The van der Waals surface area contributed by atoms with Crippen LogP contribution in [-0.2, 0) is 16.0 Å². The molecule has 0 amide bonds. The van der Waals surface area contributed by atoms with Gasteiger partial charge < -0.3 is 4.74 Å². The molecule has 0 aliphatic carbocycles. The first kappa shape index (κ1) is 13.8. The van der Waals surface area contributed by atoms with Gasteiger partial charge in [-0.25, -0.2) is 0 Å². The maximum Gasteiger partial charge on any atom is 0.310 e. The van der Waals surface area contributed by atoms with E-state index in [9.17, 15) is 9.59 Å². The highest BCUT2D eigenvalue weighted by atomic mass is 32.2. The van der Waals surface area contributed by atoms with E-state index in [2.05, 4.69) is 6.92 Å². The number of thioether (sulfide) groups is 1. The molecule has 0 spiro atoms. The lowest BCUT2D eigenvalue weighted by molar-refractivity contribution is -0.142. The van der Waals surface area contributed by atoms with E-state index in [-0.39, 0.29) is 12.4 Å². The molecule has 1 aromatic carbocycles. The highest BCUT2D eigenvalue weighted by molar-refractivity contribution is 7.99. The van der Waals surface area contributed by atoms with Crippen molar-refractivity contribution in [1.82, 2.24) is 0 Å². The van der Waals surface area contributed by atoms with E-state index in [0.717, 1.165) is 22.5 Å². The lowest BCUT2D eigenvalue weighted by atomic mass is 10.1. The van der Waals surface area contributed by atoms with E-state index in [0.29, 0.717) is 12.2 Å². The monoisotopic (exact) mass is 252 g/mol. The van der Waals surface area contributed by atoms with Crippen LogP contribution in [0.4, 0.5) is 0 Å². The van der Waals surface area contributed by atoms with Crippen molar-refractivity contribution in [1.29, 1.82) is 0 Å². The molecular weight excluding hydrogens is 236 g/mol. The zero-order chi connectivity index (χ0) is 12.7. The third-order valence-corrected chi connectivity index (χ3v) is 3.07. The van der Waals surface area contributed by atoms with Gasteiger partial charge in [0.2, 0.25) is 0 Å². The first-order chi connectivity index (χ1) is 8.21. The third kappa shape index (κ3) is 4.23. The van der Waals surface area contributed by atoms with Crippen LogP contribution in [0, 0.1) is 0 Å². The summed E-state index contributed by atoms with van der Waals surface area (Å²) in [5.41, 5.74) is 1.29. The van der Waals surface area contributed by atoms with Gasteiger partial charge in [-0.05, 0) is 30.4 Å². The van der Waals surface area contributed by atoms with Crippen molar-refractivity contribution in [2.24, 2.45) is 0 Å². The van der Waals surface area contributed by atoms with Crippen LogP contribution in [0.5, 0.6) is 0 Å². The van der Waals surface area contributed by atoms with Crippen molar-refractivity contribution in [3.05, 3.63) is 29.3 Å². The van der Waals surface area contributed by atoms with Crippen molar-refractivity contribution < 1.29 is 14.3 Å². The molecular formula is C13H16O3S. The van der Waals surface area contributed by atoms with Crippen molar-refractivity contribution in [2.45, 2.75) is 25.2 Å². The zero-order valence-electron chi connectivity index (χ0n) is 10.1. The second-order valence-electron chi connectivity index (χ2n) is 3.39. The van der Waals surface area contributed by atoms with Gasteiger partial charge in [0.25, 0.3) is 0 Å². The van der Waals surface area contributed by atoms with Gasteiger partial charge in [-0.2, -0.15) is 0 Å². The first-order valence-corrected chi connectivity index (χ1v) is 6.56. The van der Waals surface area contributed by atoms with Gasteiger partial charge >= 0.3 is 5.97 Å². The quantitative estimate of drug-likeness (QED) is 0.443. The average molecular weight is 252 g/mol. The second kappa shape index (κ2) is 7.12. The summed E-state index contributed by atoms with van der Waals surface area (Å²) in [4.78, 5) is 23.4. The van der Waals surface area contributed by atoms with Crippen LogP contribution in [-0.4, -0.2) is 24.6 Å². The van der Waals surface area contributed by atoms with Crippen LogP contribution >= 0.6 is 11.8 Å². The third-order valence-electron chi connectivity index (χ3n) is 2.20. The van der Waals surface area contributed by atoms with E-state index >= 15 is 0 Å². The molecule has 1 rings (SSSR count). The largest absolute Gasteiger partial charge is 0.466 e. The van der Waals surface area contributed by atoms with Gasteiger partial charge in [0.05, 0.1) is 13.0 Å². The Labute approximate surface area is 106 Å². The zero-order valence-corrected chi connectivity index (χ0v) is 10.9. The Bertz CT molecular complexity index is 402. The number of benzene rings is 1. The predicted molar refractivity (Wildman–Crippen MR) is 68.6 cm³/mol. The molecule has 0 N–H and O–H groups in total. The fourth-order valence-corrected chi connectivity index (χ4v) is 2.18. The second-order valence-corrected chi connectivity index (χ2v) is 4.73. The van der Waals surface area contributed by atoms with Crippen LogP contribution in [0.1, 0.15) is 29.8 Å². The lowest BCUT2D eigenvalue weighted by Crippen LogP contribution is -2.09. The van der Waals surface area contributed by atoms with E-state index in [1.54, 1.807) is 18.7 Å². The molecule has 0 atom stereocenters. The van der Waals surface area contributed by atoms with Crippen LogP contribution in [0.25, 0.3) is 0 Å². The number of hydrogen-bond donors (Lipinski definition) is 0. The molecule has 17 heavy (non-hydrogen) atoms. The summed E-state index contributed by atoms with van der Waals surface area (Å²) in [6, 6.07) is 5.56. The summed E-state index contributed by atoms with van der Waals surface area (Å²) >= 11 is 1.67. The molecule has 0 unspecified atom stereocenters. The minimum absolute atomic E-state index is 0.152. The number of ether oxygens (including phenoxy) is 1. The van der Waals surface area contributed by atoms with Gasteiger partial charge in [0.15, 0.2) is 0 Å². The average Bonchev–Trinajstić information content (AvgIpc) is 2.31. The summed E-state index contributed by atoms with van der Waals surface area (Å²) in [5, 5.41) is 0. The lowest BCUT2D eigenvalue weighted by Gasteiger charge is -2.06. The molecule has 0 heterocycles. The molecule has 92 valence electrons. The summed E-state index contributed by atoms with van der Waals surface area (Å²) in [6.07, 6.45) is 0.938. The van der Waals surface area contributed by atoms with E-state index < -0.39 is 0 Å². The summed E-state index contributed by atoms with van der Waals surface area (Å²) in [6.45, 7) is 4.18. The molecule has 0 aliphatic rings. The number of hydrogen-bond acceptors (Lipinski definition) is 4. The molecule has 0 fully saturated rings. The van der Waals surface area contributed by atoms with Crippen molar-refractivity contribution in [3.8, 4) is 0 Å². The number of carbonyl (C=O) groups excluding carboxylic acids is 2. The molecule has 0 saturated heterocycles. The Morgan fingerprint density at radius 1 is 1.41 bits per heavy atom. The normalized spacial score (nSPS) is 10.0. The van der Waals surface area contributed by atoms with Crippen molar-refractivity contribution in [3.63, 3.8) is 0 Å². The predicted octanol–water partition coefficient (Wildman–Crippen LogP) is 2.72. The van der Waals surface area contributed by atoms with E-state index in [4.69, 9.17) is 4.74 Å². The molecule has 0 aromatic heterocycles. The van der Waals surface area contributed by atoms with E-state index in [1.165, 1.54) is 0 Å². The van der Waals surface area contributed by atoms with Crippen LogP contribution < -0.4 is 0 Å². The standard InChI is InChI=1S/C13H16O3S/c1-3-16-13(15)8-10-5-6-12(17-4-2)7-11(10)9-14/h5-7,9H,3-4,8H2,1-2H3. The Morgan fingerprint density at radius 3 is 2.76 bits per heavy atom. The van der Waals surface area contributed by atoms with Crippen LogP contribution in [0.2, 0.25) is 0 Å². The van der Waals surface area contributed by atoms with Gasteiger partial charge in [0, 0.05) is 10.5 Å². The number of esters is 1. The molecule has 0 radical (unpaired) electrons. The molecule has 1 aromatic rings. The topological polar surface area (TPSA) is 43.4 Å². The van der Waals surface area contributed by atoms with Gasteiger partial charge in [-0.3, -0.25) is 9.59 Å². The molecule has 3 nitrogen and oxygen atoms in total. The Kier molecular flexibility index (Phi) is 5.77. The van der Waals surface area contributed by atoms with Gasteiger partial charge in [0.1, 0.15) is 6.29 Å². The minimum Gasteiger partial charge on any atom is -0.466 e. The highest BCUT2D eigenvalue weighted by Gasteiger charge is 2.09. The van der Waals surface area contributed by atoms with Crippen molar-refractivity contribution in [2.75, 3.05) is 12.4 Å². The highest BCUT2D eigenvalue weighted by Crippen LogP contribution is 2.21. The smallest absolute Gasteiger partial charge is 0.310 e. The SMILES string of the molecule is CCOC(=O)Cc1ccc(SCC)cc1C=O. The molecule has 0 saturated carbocycles. The molecule has 4 heteroatoms. The van der Waals surface area contributed by atoms with Crippen LogP contribution in [0.15, 0.2) is 23.1 Å². The maximum absolute atomic E-state index is 11.3. The minimum atomic E-state index is -0.300. The Balaban J connectivity index is 2.84. The summed E-state index contributed by atoms with van der Waals surface area (Å²) in [5.74, 6) is 0.654. The molecule has 0 aliphatic heterocycles. The fourth-order valence-electron chi connectivity index (χ4n) is 1.47.